The quantitative estimate of drug-likeness (QED) is 0.481. The van der Waals surface area contributed by atoms with Crippen LogP contribution in [0.2, 0.25) is 0 Å². The van der Waals surface area contributed by atoms with Crippen LogP contribution in [-0.4, -0.2) is 68.1 Å². The zero-order valence-electron chi connectivity index (χ0n) is 20.5. The van der Waals surface area contributed by atoms with Crippen molar-refractivity contribution in [2.24, 2.45) is 0 Å². The zero-order chi connectivity index (χ0) is 24.0. The second-order valence-corrected chi connectivity index (χ2v) is 8.14. The van der Waals surface area contributed by atoms with Crippen molar-refractivity contribution >= 4 is 17.4 Å². The lowest BCUT2D eigenvalue weighted by Crippen LogP contribution is -2.31. The molecular formula is C25H35N5O3. The van der Waals surface area contributed by atoms with Crippen molar-refractivity contribution in [3.63, 3.8) is 0 Å². The van der Waals surface area contributed by atoms with Crippen molar-refractivity contribution in [2.75, 3.05) is 52.8 Å². The Morgan fingerprint density at radius 3 is 2.48 bits per heavy atom. The van der Waals surface area contributed by atoms with Crippen LogP contribution in [0.15, 0.2) is 36.5 Å². The van der Waals surface area contributed by atoms with Gasteiger partial charge in [0.05, 0.1) is 25.5 Å². The van der Waals surface area contributed by atoms with Crippen LogP contribution in [0.4, 0.5) is 5.82 Å². The SMILES string of the molecule is CCc1nc2ccc(C(=O)NCCN(C)C)cn2c1N(CC)Cc1ccc(OC)c(OC)c1. The first-order valence-corrected chi connectivity index (χ1v) is 11.3. The molecule has 0 bridgehead atoms. The number of amides is 1. The number of aryl methyl sites for hydroxylation is 1. The zero-order valence-corrected chi connectivity index (χ0v) is 20.5. The summed E-state index contributed by atoms with van der Waals surface area (Å²) in [4.78, 5) is 21.9. The summed E-state index contributed by atoms with van der Waals surface area (Å²) in [5.74, 6) is 2.34. The van der Waals surface area contributed by atoms with Crippen molar-refractivity contribution in [3.8, 4) is 11.5 Å². The maximum atomic E-state index is 12.7. The van der Waals surface area contributed by atoms with Crippen LogP contribution < -0.4 is 19.7 Å². The van der Waals surface area contributed by atoms with E-state index in [4.69, 9.17) is 14.5 Å². The Morgan fingerprint density at radius 1 is 1.09 bits per heavy atom. The van der Waals surface area contributed by atoms with E-state index in [0.717, 1.165) is 42.2 Å². The van der Waals surface area contributed by atoms with E-state index in [9.17, 15) is 4.79 Å². The molecule has 8 heteroatoms. The largest absolute Gasteiger partial charge is 0.493 e. The van der Waals surface area contributed by atoms with Crippen LogP contribution in [0.3, 0.4) is 0 Å². The minimum Gasteiger partial charge on any atom is -0.493 e. The van der Waals surface area contributed by atoms with Crippen molar-refractivity contribution in [3.05, 3.63) is 53.3 Å². The number of hydrogen-bond acceptors (Lipinski definition) is 6. The number of carbonyl (C=O) groups excluding carboxylic acids is 1. The van der Waals surface area contributed by atoms with Gasteiger partial charge < -0.3 is 24.6 Å². The smallest absolute Gasteiger partial charge is 0.252 e. The van der Waals surface area contributed by atoms with E-state index >= 15 is 0 Å². The summed E-state index contributed by atoms with van der Waals surface area (Å²) in [6, 6.07) is 9.71. The lowest BCUT2D eigenvalue weighted by atomic mass is 10.1. The third-order valence-electron chi connectivity index (χ3n) is 5.61. The molecule has 0 saturated carbocycles. The fourth-order valence-electron chi connectivity index (χ4n) is 3.82. The van der Waals surface area contributed by atoms with Gasteiger partial charge in [-0.15, -0.1) is 0 Å². The molecule has 3 aromatic rings. The van der Waals surface area contributed by atoms with Crippen LogP contribution in [-0.2, 0) is 13.0 Å². The molecule has 0 fully saturated rings. The van der Waals surface area contributed by atoms with Crippen LogP contribution in [0, 0.1) is 0 Å². The molecule has 2 heterocycles. The summed E-state index contributed by atoms with van der Waals surface area (Å²) in [5, 5.41) is 2.99. The Hall–Kier alpha value is -3.26. The molecule has 0 aliphatic heterocycles. The lowest BCUT2D eigenvalue weighted by Gasteiger charge is -2.24. The van der Waals surface area contributed by atoms with Crippen molar-refractivity contribution in [2.45, 2.75) is 26.8 Å². The predicted molar refractivity (Wildman–Crippen MR) is 132 cm³/mol. The fourth-order valence-corrected chi connectivity index (χ4v) is 3.82. The highest BCUT2D eigenvalue weighted by atomic mass is 16.5. The van der Waals surface area contributed by atoms with Gasteiger partial charge in [0.15, 0.2) is 11.5 Å². The fraction of sp³-hybridized carbons (Fsp3) is 0.440. The first kappa shape index (κ1) is 24.4. The molecule has 0 aliphatic rings. The summed E-state index contributed by atoms with van der Waals surface area (Å²) >= 11 is 0. The van der Waals surface area contributed by atoms with E-state index in [1.165, 1.54) is 0 Å². The molecule has 0 atom stereocenters. The van der Waals surface area contributed by atoms with Crippen LogP contribution in [0.1, 0.15) is 35.5 Å². The Labute approximate surface area is 196 Å². The van der Waals surface area contributed by atoms with E-state index in [-0.39, 0.29) is 5.91 Å². The maximum absolute atomic E-state index is 12.7. The molecule has 0 saturated heterocycles. The van der Waals surface area contributed by atoms with Gasteiger partial charge in [0.2, 0.25) is 0 Å². The highest BCUT2D eigenvalue weighted by molar-refractivity contribution is 5.94. The van der Waals surface area contributed by atoms with Gasteiger partial charge in [0.1, 0.15) is 11.5 Å². The van der Waals surface area contributed by atoms with E-state index < -0.39 is 0 Å². The third-order valence-corrected chi connectivity index (χ3v) is 5.61. The van der Waals surface area contributed by atoms with Gasteiger partial charge in [0, 0.05) is 32.4 Å². The second-order valence-electron chi connectivity index (χ2n) is 8.14. The molecule has 0 spiro atoms. The number of likely N-dealkylation sites (N-methyl/N-ethyl adjacent to an activating group) is 1. The molecule has 178 valence electrons. The standard InChI is InChI=1S/C25H35N5O3/c1-7-20-25(29(8-2)16-18-9-11-21(32-5)22(15-18)33-6)30-17-19(10-12-23(30)27-20)24(31)26-13-14-28(3)4/h9-12,15,17H,7-8,13-14,16H2,1-6H3,(H,26,31). The normalized spacial score (nSPS) is 11.1. The molecule has 3 rings (SSSR count). The number of nitrogens with zero attached hydrogens (tertiary/aromatic N) is 4. The van der Waals surface area contributed by atoms with Gasteiger partial charge in [-0.3, -0.25) is 9.20 Å². The minimum absolute atomic E-state index is 0.0839. The Kier molecular flexibility index (Phi) is 8.16. The number of rotatable bonds is 11. The third kappa shape index (κ3) is 5.57. The number of carbonyl (C=O) groups is 1. The van der Waals surface area contributed by atoms with E-state index in [1.807, 2.05) is 59.9 Å². The molecule has 8 nitrogen and oxygen atoms in total. The van der Waals surface area contributed by atoms with Gasteiger partial charge in [-0.25, -0.2) is 4.98 Å². The van der Waals surface area contributed by atoms with Gasteiger partial charge >= 0.3 is 0 Å². The Morgan fingerprint density at radius 2 is 1.85 bits per heavy atom. The number of benzene rings is 1. The number of methoxy groups -OCH3 is 2. The van der Waals surface area contributed by atoms with Crippen molar-refractivity contribution < 1.29 is 14.3 Å². The summed E-state index contributed by atoms with van der Waals surface area (Å²) in [7, 11) is 7.25. The van der Waals surface area contributed by atoms with Gasteiger partial charge in [-0.1, -0.05) is 13.0 Å². The van der Waals surface area contributed by atoms with Crippen LogP contribution in [0.25, 0.3) is 5.65 Å². The maximum Gasteiger partial charge on any atom is 0.252 e. The predicted octanol–water partition coefficient (Wildman–Crippen LogP) is 3.23. The molecular weight excluding hydrogens is 418 g/mol. The summed E-state index contributed by atoms with van der Waals surface area (Å²) in [5.41, 5.74) is 3.55. The number of fused-ring (bicyclic) bond motifs is 1. The number of anilines is 1. The summed E-state index contributed by atoms with van der Waals surface area (Å²) in [6.07, 6.45) is 2.68. The molecule has 1 amide bonds. The highest BCUT2D eigenvalue weighted by Crippen LogP contribution is 2.30. The number of nitrogens with one attached hydrogen (secondary N) is 1. The van der Waals surface area contributed by atoms with Crippen molar-refractivity contribution in [1.29, 1.82) is 0 Å². The first-order valence-electron chi connectivity index (χ1n) is 11.3. The Balaban J connectivity index is 1.94. The van der Waals surface area contributed by atoms with Crippen LogP contribution >= 0.6 is 0 Å². The van der Waals surface area contributed by atoms with Crippen LogP contribution in [0.5, 0.6) is 11.5 Å². The number of hydrogen-bond donors (Lipinski definition) is 1. The highest BCUT2D eigenvalue weighted by Gasteiger charge is 2.19. The number of pyridine rings is 1. The Bertz CT molecular complexity index is 1090. The van der Waals surface area contributed by atoms with Gasteiger partial charge in [-0.05, 0) is 57.3 Å². The van der Waals surface area contributed by atoms with E-state index in [0.29, 0.717) is 30.2 Å². The molecule has 0 unspecified atom stereocenters. The number of aromatic nitrogens is 2. The monoisotopic (exact) mass is 453 g/mol. The molecule has 1 aromatic carbocycles. The minimum atomic E-state index is -0.0839. The van der Waals surface area contributed by atoms with Crippen molar-refractivity contribution in [1.82, 2.24) is 19.6 Å². The average Bonchev–Trinajstić information content (AvgIpc) is 3.19. The lowest BCUT2D eigenvalue weighted by molar-refractivity contribution is 0.0950. The molecule has 33 heavy (non-hydrogen) atoms. The molecule has 0 aliphatic carbocycles. The first-order chi connectivity index (χ1) is 15.9. The second kappa shape index (κ2) is 11.0. The molecule has 0 radical (unpaired) electrons. The number of imidazole rings is 1. The number of ether oxygens (including phenoxy) is 2. The molecule has 1 N–H and O–H groups in total. The average molecular weight is 454 g/mol. The van der Waals surface area contributed by atoms with Gasteiger partial charge in [0.25, 0.3) is 5.91 Å². The van der Waals surface area contributed by atoms with E-state index in [1.54, 1.807) is 14.2 Å². The molecule has 2 aromatic heterocycles. The van der Waals surface area contributed by atoms with E-state index in [2.05, 4.69) is 24.1 Å². The summed E-state index contributed by atoms with van der Waals surface area (Å²) in [6.45, 7) is 7.08. The summed E-state index contributed by atoms with van der Waals surface area (Å²) < 4.78 is 12.9. The topological polar surface area (TPSA) is 71.3 Å². The van der Waals surface area contributed by atoms with Gasteiger partial charge in [-0.2, -0.15) is 0 Å².